The molecule has 2 aromatic rings. The van der Waals surface area contributed by atoms with Crippen molar-refractivity contribution < 1.29 is 13.9 Å². The quantitative estimate of drug-likeness (QED) is 0.909. The maximum atomic E-state index is 13.4. The van der Waals surface area contributed by atoms with Gasteiger partial charge in [0.2, 0.25) is 0 Å². The molecule has 2 rings (SSSR count). The highest BCUT2D eigenvalue weighted by molar-refractivity contribution is 5.77. The molecule has 0 aliphatic heterocycles. The molecule has 0 aliphatic rings. The summed E-state index contributed by atoms with van der Waals surface area (Å²) in [6.45, 7) is 1.98. The molecule has 1 amide bonds. The Morgan fingerprint density at radius 1 is 1.15 bits per heavy atom. The first-order valence-electron chi connectivity index (χ1n) is 6.35. The van der Waals surface area contributed by atoms with E-state index in [-0.39, 0.29) is 24.9 Å². The van der Waals surface area contributed by atoms with Crippen molar-refractivity contribution in [3.05, 3.63) is 65.5 Å². The van der Waals surface area contributed by atoms with Gasteiger partial charge in [-0.15, -0.1) is 0 Å². The van der Waals surface area contributed by atoms with Crippen LogP contribution in [0.4, 0.5) is 4.39 Å². The van der Waals surface area contributed by atoms with Crippen molar-refractivity contribution in [2.24, 2.45) is 0 Å². The van der Waals surface area contributed by atoms with Crippen molar-refractivity contribution in [1.82, 2.24) is 5.32 Å². The topological polar surface area (TPSA) is 38.3 Å². The number of ether oxygens (including phenoxy) is 1. The molecule has 4 heteroatoms. The average Bonchev–Trinajstić information content (AvgIpc) is 2.45. The van der Waals surface area contributed by atoms with Gasteiger partial charge in [-0.2, -0.15) is 0 Å². The molecule has 0 unspecified atom stereocenters. The number of hydrogen-bond acceptors (Lipinski definition) is 2. The maximum absolute atomic E-state index is 13.4. The standard InChI is InChI=1S/C16H16FNO2/c1-12-6-2-5-9-15(12)20-11-16(19)18-10-13-7-3-4-8-14(13)17/h2-9H,10-11H2,1H3,(H,18,19). The summed E-state index contributed by atoms with van der Waals surface area (Å²) in [6, 6.07) is 13.8. The molecule has 0 spiro atoms. The number of benzene rings is 2. The minimum absolute atomic E-state index is 0.0840. The zero-order valence-electron chi connectivity index (χ0n) is 11.2. The predicted octanol–water partition coefficient (Wildman–Crippen LogP) is 2.83. The first-order valence-corrected chi connectivity index (χ1v) is 6.35. The van der Waals surface area contributed by atoms with Crippen LogP contribution in [0.15, 0.2) is 48.5 Å². The minimum atomic E-state index is -0.326. The Morgan fingerprint density at radius 2 is 1.85 bits per heavy atom. The maximum Gasteiger partial charge on any atom is 0.258 e. The normalized spacial score (nSPS) is 10.1. The van der Waals surface area contributed by atoms with Crippen molar-refractivity contribution in [3.8, 4) is 5.75 Å². The van der Waals surface area contributed by atoms with Crippen LogP contribution in [0.2, 0.25) is 0 Å². The number of carbonyl (C=O) groups excluding carboxylic acids is 1. The predicted molar refractivity (Wildman–Crippen MR) is 74.9 cm³/mol. The van der Waals surface area contributed by atoms with Crippen molar-refractivity contribution in [3.63, 3.8) is 0 Å². The number of halogens is 1. The van der Waals surface area contributed by atoms with Crippen LogP contribution in [0, 0.1) is 12.7 Å². The molecular weight excluding hydrogens is 257 g/mol. The lowest BCUT2D eigenvalue weighted by molar-refractivity contribution is -0.123. The highest BCUT2D eigenvalue weighted by atomic mass is 19.1. The van der Waals surface area contributed by atoms with Gasteiger partial charge in [0.05, 0.1) is 0 Å². The van der Waals surface area contributed by atoms with Crippen LogP contribution >= 0.6 is 0 Å². The number of rotatable bonds is 5. The van der Waals surface area contributed by atoms with Gasteiger partial charge < -0.3 is 10.1 Å². The highest BCUT2D eigenvalue weighted by Crippen LogP contribution is 2.15. The second-order valence-electron chi connectivity index (χ2n) is 4.42. The number of carbonyl (C=O) groups is 1. The fraction of sp³-hybridized carbons (Fsp3) is 0.188. The molecule has 0 fully saturated rings. The summed E-state index contributed by atoms with van der Waals surface area (Å²) < 4.78 is 18.8. The van der Waals surface area contributed by atoms with E-state index in [2.05, 4.69) is 5.32 Å². The first-order chi connectivity index (χ1) is 9.66. The lowest BCUT2D eigenvalue weighted by Gasteiger charge is -2.09. The molecule has 0 aliphatic carbocycles. The fourth-order valence-electron chi connectivity index (χ4n) is 1.75. The summed E-state index contributed by atoms with van der Waals surface area (Å²) in [6.07, 6.45) is 0. The molecule has 20 heavy (non-hydrogen) atoms. The van der Waals surface area contributed by atoms with Crippen LogP contribution in [0.25, 0.3) is 0 Å². The van der Waals surface area contributed by atoms with Gasteiger partial charge in [0.1, 0.15) is 11.6 Å². The van der Waals surface area contributed by atoms with E-state index in [1.165, 1.54) is 6.07 Å². The Hall–Kier alpha value is -2.36. The van der Waals surface area contributed by atoms with Gasteiger partial charge in [0, 0.05) is 12.1 Å². The van der Waals surface area contributed by atoms with E-state index in [4.69, 9.17) is 4.74 Å². The summed E-state index contributed by atoms with van der Waals surface area (Å²) >= 11 is 0. The molecule has 0 bridgehead atoms. The van der Waals surface area contributed by atoms with Crippen LogP contribution in [-0.2, 0) is 11.3 Å². The smallest absolute Gasteiger partial charge is 0.258 e. The number of hydrogen-bond donors (Lipinski definition) is 1. The summed E-state index contributed by atoms with van der Waals surface area (Å²) in [5.41, 5.74) is 1.42. The van der Waals surface area contributed by atoms with E-state index in [0.29, 0.717) is 11.3 Å². The molecule has 0 radical (unpaired) electrons. The number of nitrogens with one attached hydrogen (secondary N) is 1. The van der Waals surface area contributed by atoms with Gasteiger partial charge in [-0.05, 0) is 24.6 Å². The Labute approximate surface area is 117 Å². The zero-order chi connectivity index (χ0) is 14.4. The van der Waals surface area contributed by atoms with Crippen LogP contribution in [-0.4, -0.2) is 12.5 Å². The summed E-state index contributed by atoms with van der Waals surface area (Å²) in [5.74, 6) is 0.0673. The Morgan fingerprint density at radius 3 is 2.60 bits per heavy atom. The minimum Gasteiger partial charge on any atom is -0.484 e. The molecular formula is C16H16FNO2. The summed E-state index contributed by atoms with van der Waals surface area (Å²) in [7, 11) is 0. The van der Waals surface area contributed by atoms with Gasteiger partial charge >= 0.3 is 0 Å². The molecule has 0 saturated carbocycles. The molecule has 0 aromatic heterocycles. The van der Waals surface area contributed by atoms with Crippen molar-refractivity contribution in [1.29, 1.82) is 0 Å². The lowest BCUT2D eigenvalue weighted by Crippen LogP contribution is -2.28. The fourth-order valence-corrected chi connectivity index (χ4v) is 1.75. The molecule has 0 heterocycles. The number of aryl methyl sites for hydroxylation is 1. The van der Waals surface area contributed by atoms with Crippen LogP contribution in [0.3, 0.4) is 0 Å². The van der Waals surface area contributed by atoms with E-state index in [9.17, 15) is 9.18 Å². The van der Waals surface area contributed by atoms with Crippen molar-refractivity contribution in [2.75, 3.05) is 6.61 Å². The van der Waals surface area contributed by atoms with E-state index < -0.39 is 0 Å². The van der Waals surface area contributed by atoms with E-state index in [1.54, 1.807) is 24.3 Å². The van der Waals surface area contributed by atoms with Crippen LogP contribution in [0.1, 0.15) is 11.1 Å². The molecule has 104 valence electrons. The lowest BCUT2D eigenvalue weighted by atomic mass is 10.2. The van der Waals surface area contributed by atoms with E-state index in [0.717, 1.165) is 5.56 Å². The van der Waals surface area contributed by atoms with Gasteiger partial charge in [-0.25, -0.2) is 4.39 Å². The average molecular weight is 273 g/mol. The molecule has 0 saturated heterocycles. The summed E-state index contributed by atoms with van der Waals surface area (Å²) in [4.78, 5) is 11.7. The second kappa shape index (κ2) is 6.70. The largest absolute Gasteiger partial charge is 0.484 e. The Balaban J connectivity index is 1.82. The third kappa shape index (κ3) is 3.82. The molecule has 3 nitrogen and oxygen atoms in total. The van der Waals surface area contributed by atoms with Gasteiger partial charge in [0.15, 0.2) is 6.61 Å². The second-order valence-corrected chi connectivity index (χ2v) is 4.42. The number of para-hydroxylation sites is 1. The Kier molecular flexibility index (Phi) is 4.71. The van der Waals surface area contributed by atoms with E-state index in [1.807, 2.05) is 25.1 Å². The van der Waals surface area contributed by atoms with Crippen LogP contribution in [0.5, 0.6) is 5.75 Å². The zero-order valence-corrected chi connectivity index (χ0v) is 11.2. The van der Waals surface area contributed by atoms with Crippen LogP contribution < -0.4 is 10.1 Å². The molecule has 0 atom stereocenters. The third-order valence-corrected chi connectivity index (χ3v) is 2.89. The van der Waals surface area contributed by atoms with Gasteiger partial charge in [-0.3, -0.25) is 4.79 Å². The highest BCUT2D eigenvalue weighted by Gasteiger charge is 2.06. The Bertz CT molecular complexity index is 547. The molecule has 1 N–H and O–H groups in total. The number of amides is 1. The van der Waals surface area contributed by atoms with E-state index >= 15 is 0 Å². The monoisotopic (exact) mass is 273 g/mol. The van der Waals surface area contributed by atoms with Crippen molar-refractivity contribution in [2.45, 2.75) is 13.5 Å². The first kappa shape index (κ1) is 14.1. The molecule has 2 aromatic carbocycles. The third-order valence-electron chi connectivity index (χ3n) is 2.89. The summed E-state index contributed by atoms with van der Waals surface area (Å²) in [5, 5.41) is 2.63. The van der Waals surface area contributed by atoms with Gasteiger partial charge in [-0.1, -0.05) is 36.4 Å². The SMILES string of the molecule is Cc1ccccc1OCC(=O)NCc1ccccc1F. The van der Waals surface area contributed by atoms with Gasteiger partial charge in [0.25, 0.3) is 5.91 Å². The van der Waals surface area contributed by atoms with Crippen molar-refractivity contribution >= 4 is 5.91 Å².